The molecule has 0 saturated carbocycles. The van der Waals surface area contributed by atoms with Gasteiger partial charge >= 0.3 is 0 Å². The van der Waals surface area contributed by atoms with Crippen molar-refractivity contribution in [2.45, 2.75) is 6.92 Å². The minimum atomic E-state index is -0.230. The van der Waals surface area contributed by atoms with Crippen LogP contribution in [0.4, 0.5) is 5.88 Å². The number of piperazine rings is 1. The standard InChI is InChI=1S/C16H18N4O3/c1-11-2-4-12(5-3-11)13-8-16(23-19-13)18-15(22)10-20-7-6-17-14(21)9-20/h2-5,8H,6-7,9-10H2,1H3,(H,17,21)(H,18,22). The fraction of sp³-hybridized carbons (Fsp3) is 0.312. The number of carbonyl (C=O) groups is 2. The molecule has 0 spiro atoms. The van der Waals surface area contributed by atoms with Crippen LogP contribution >= 0.6 is 0 Å². The molecule has 1 fully saturated rings. The van der Waals surface area contributed by atoms with Crippen molar-refractivity contribution < 1.29 is 14.1 Å². The summed E-state index contributed by atoms with van der Waals surface area (Å²) in [7, 11) is 0. The Labute approximate surface area is 133 Å². The molecule has 2 amide bonds. The number of nitrogens with one attached hydrogen (secondary N) is 2. The maximum Gasteiger partial charge on any atom is 0.240 e. The number of hydrogen-bond donors (Lipinski definition) is 2. The molecular weight excluding hydrogens is 296 g/mol. The maximum absolute atomic E-state index is 12.0. The lowest BCUT2D eigenvalue weighted by molar-refractivity contribution is -0.125. The van der Waals surface area contributed by atoms with E-state index >= 15 is 0 Å². The van der Waals surface area contributed by atoms with E-state index in [0.29, 0.717) is 24.7 Å². The monoisotopic (exact) mass is 314 g/mol. The number of hydrogen-bond acceptors (Lipinski definition) is 5. The van der Waals surface area contributed by atoms with Crippen molar-refractivity contribution in [3.8, 4) is 11.3 Å². The van der Waals surface area contributed by atoms with Gasteiger partial charge < -0.3 is 9.84 Å². The normalized spacial score (nSPS) is 15.3. The highest BCUT2D eigenvalue weighted by Crippen LogP contribution is 2.21. The topological polar surface area (TPSA) is 87.5 Å². The van der Waals surface area contributed by atoms with Gasteiger partial charge in [-0.3, -0.25) is 19.8 Å². The second-order valence-electron chi connectivity index (χ2n) is 5.55. The first-order valence-corrected chi connectivity index (χ1v) is 7.43. The summed E-state index contributed by atoms with van der Waals surface area (Å²) in [5, 5.41) is 9.34. The number of carbonyl (C=O) groups excluding carboxylic acids is 2. The van der Waals surface area contributed by atoms with Crippen LogP contribution in [0, 0.1) is 6.92 Å². The average molecular weight is 314 g/mol. The summed E-state index contributed by atoms with van der Waals surface area (Å²) in [6.45, 7) is 3.61. The van der Waals surface area contributed by atoms with Gasteiger partial charge in [-0.05, 0) is 6.92 Å². The molecule has 0 aliphatic carbocycles. The molecule has 2 aromatic rings. The van der Waals surface area contributed by atoms with Crippen molar-refractivity contribution in [2.75, 3.05) is 31.5 Å². The predicted octanol–water partition coefficient (Wildman–Crippen LogP) is 1.02. The lowest BCUT2D eigenvalue weighted by Gasteiger charge is -2.25. The van der Waals surface area contributed by atoms with Crippen molar-refractivity contribution in [3.63, 3.8) is 0 Å². The number of amides is 2. The van der Waals surface area contributed by atoms with Gasteiger partial charge in [0.1, 0.15) is 5.69 Å². The van der Waals surface area contributed by atoms with Crippen molar-refractivity contribution in [1.82, 2.24) is 15.4 Å². The van der Waals surface area contributed by atoms with Gasteiger partial charge in [0.25, 0.3) is 0 Å². The zero-order chi connectivity index (χ0) is 16.2. The van der Waals surface area contributed by atoms with Crippen LogP contribution in [0.5, 0.6) is 0 Å². The van der Waals surface area contributed by atoms with Gasteiger partial charge in [-0.1, -0.05) is 35.0 Å². The van der Waals surface area contributed by atoms with Gasteiger partial charge in [0.15, 0.2) is 0 Å². The first-order chi connectivity index (χ1) is 11.1. The molecule has 0 unspecified atom stereocenters. The Balaban J connectivity index is 1.59. The third kappa shape index (κ3) is 3.95. The van der Waals surface area contributed by atoms with Crippen LogP contribution in [0.2, 0.25) is 0 Å². The summed E-state index contributed by atoms with van der Waals surface area (Å²) in [4.78, 5) is 25.1. The minimum absolute atomic E-state index is 0.0645. The SMILES string of the molecule is Cc1ccc(-c2cc(NC(=O)CN3CCNC(=O)C3)on2)cc1. The largest absolute Gasteiger partial charge is 0.354 e. The number of rotatable bonds is 4. The lowest BCUT2D eigenvalue weighted by atomic mass is 10.1. The molecule has 120 valence electrons. The van der Waals surface area contributed by atoms with Gasteiger partial charge in [0.2, 0.25) is 17.7 Å². The second kappa shape index (κ2) is 6.62. The van der Waals surface area contributed by atoms with Crippen molar-refractivity contribution in [1.29, 1.82) is 0 Å². The smallest absolute Gasteiger partial charge is 0.240 e. The minimum Gasteiger partial charge on any atom is -0.354 e. The number of anilines is 1. The molecule has 0 radical (unpaired) electrons. The highest BCUT2D eigenvalue weighted by molar-refractivity contribution is 5.92. The molecule has 1 aromatic heterocycles. The number of aryl methyl sites for hydroxylation is 1. The molecule has 23 heavy (non-hydrogen) atoms. The van der Waals surface area contributed by atoms with Crippen LogP contribution in [-0.4, -0.2) is 48.0 Å². The Kier molecular flexibility index (Phi) is 4.38. The van der Waals surface area contributed by atoms with Crippen molar-refractivity contribution >= 4 is 17.7 Å². The van der Waals surface area contributed by atoms with Gasteiger partial charge in [-0.25, -0.2) is 0 Å². The second-order valence-corrected chi connectivity index (χ2v) is 5.55. The summed E-state index contributed by atoms with van der Waals surface area (Å²) < 4.78 is 5.15. The van der Waals surface area contributed by atoms with E-state index in [-0.39, 0.29) is 24.9 Å². The maximum atomic E-state index is 12.0. The molecule has 7 nitrogen and oxygen atoms in total. The summed E-state index contributed by atoms with van der Waals surface area (Å²) in [5.74, 6) is 0.00344. The molecule has 2 heterocycles. The molecule has 3 rings (SSSR count). The third-order valence-corrected chi connectivity index (χ3v) is 3.60. The number of benzene rings is 1. The van der Waals surface area contributed by atoms with Crippen LogP contribution in [-0.2, 0) is 9.59 Å². The Bertz CT molecular complexity index is 708. The van der Waals surface area contributed by atoms with E-state index in [1.807, 2.05) is 31.2 Å². The molecule has 1 aliphatic heterocycles. The van der Waals surface area contributed by atoms with E-state index in [1.54, 1.807) is 11.0 Å². The molecule has 0 atom stereocenters. The van der Waals surface area contributed by atoms with Crippen LogP contribution in [0.25, 0.3) is 11.3 Å². The first kappa shape index (κ1) is 15.2. The average Bonchev–Trinajstić information content (AvgIpc) is 2.96. The van der Waals surface area contributed by atoms with Crippen LogP contribution in [0.3, 0.4) is 0 Å². The fourth-order valence-electron chi connectivity index (χ4n) is 2.40. The Morgan fingerprint density at radius 2 is 2.17 bits per heavy atom. The van der Waals surface area contributed by atoms with E-state index in [1.165, 1.54) is 0 Å². The van der Waals surface area contributed by atoms with Gasteiger partial charge in [-0.15, -0.1) is 0 Å². The highest BCUT2D eigenvalue weighted by atomic mass is 16.5. The first-order valence-electron chi connectivity index (χ1n) is 7.43. The molecule has 1 aromatic carbocycles. The van der Waals surface area contributed by atoms with E-state index in [2.05, 4.69) is 15.8 Å². The van der Waals surface area contributed by atoms with Crippen LogP contribution in [0.1, 0.15) is 5.56 Å². The third-order valence-electron chi connectivity index (χ3n) is 3.60. The quantitative estimate of drug-likeness (QED) is 0.880. The van der Waals surface area contributed by atoms with Crippen LogP contribution < -0.4 is 10.6 Å². The zero-order valence-electron chi connectivity index (χ0n) is 12.8. The summed E-state index contributed by atoms with van der Waals surface area (Å²) in [5.41, 5.74) is 2.75. The zero-order valence-corrected chi connectivity index (χ0v) is 12.8. The van der Waals surface area contributed by atoms with Crippen LogP contribution in [0.15, 0.2) is 34.9 Å². The fourth-order valence-corrected chi connectivity index (χ4v) is 2.40. The molecule has 2 N–H and O–H groups in total. The Morgan fingerprint density at radius 1 is 1.39 bits per heavy atom. The summed E-state index contributed by atoms with van der Waals surface area (Å²) >= 11 is 0. The van der Waals surface area contributed by atoms with E-state index < -0.39 is 0 Å². The number of nitrogens with zero attached hydrogens (tertiary/aromatic N) is 2. The van der Waals surface area contributed by atoms with Crippen molar-refractivity contribution in [3.05, 3.63) is 35.9 Å². The van der Waals surface area contributed by atoms with E-state index in [0.717, 1.165) is 11.1 Å². The molecule has 1 saturated heterocycles. The molecule has 1 aliphatic rings. The highest BCUT2D eigenvalue weighted by Gasteiger charge is 2.19. The van der Waals surface area contributed by atoms with Crippen molar-refractivity contribution in [2.24, 2.45) is 0 Å². The lowest BCUT2D eigenvalue weighted by Crippen LogP contribution is -2.49. The summed E-state index contributed by atoms with van der Waals surface area (Å²) in [6, 6.07) is 9.56. The molecule has 7 heteroatoms. The van der Waals surface area contributed by atoms with Gasteiger partial charge in [-0.2, -0.15) is 0 Å². The van der Waals surface area contributed by atoms with Gasteiger partial charge in [0.05, 0.1) is 13.1 Å². The predicted molar refractivity (Wildman–Crippen MR) is 84.8 cm³/mol. The Morgan fingerprint density at radius 3 is 2.91 bits per heavy atom. The molecular formula is C16H18N4O3. The van der Waals surface area contributed by atoms with E-state index in [4.69, 9.17) is 4.52 Å². The Hall–Kier alpha value is -2.67. The van der Waals surface area contributed by atoms with E-state index in [9.17, 15) is 9.59 Å². The van der Waals surface area contributed by atoms with Gasteiger partial charge in [0, 0.05) is 24.7 Å². The summed E-state index contributed by atoms with van der Waals surface area (Å²) in [6.07, 6.45) is 0. The molecule has 0 bridgehead atoms. The number of aromatic nitrogens is 1.